The number of likely N-dealkylation sites (tertiary alicyclic amines) is 1. The van der Waals surface area contributed by atoms with Gasteiger partial charge in [0, 0.05) is 13.1 Å². The molecule has 0 aromatic heterocycles. The van der Waals surface area contributed by atoms with Crippen LogP contribution in [0.25, 0.3) is 0 Å². The van der Waals surface area contributed by atoms with Crippen LogP contribution in [0.4, 0.5) is 4.79 Å². The van der Waals surface area contributed by atoms with Gasteiger partial charge < -0.3 is 9.64 Å². The van der Waals surface area contributed by atoms with Crippen molar-refractivity contribution in [3.8, 4) is 0 Å². The smallest absolute Gasteiger partial charge is 0.410 e. The molecule has 0 aromatic rings. The largest absolute Gasteiger partial charge is 0.444 e. The van der Waals surface area contributed by atoms with E-state index < -0.39 is 0 Å². The molecule has 0 radical (unpaired) electrons. The number of hydrogen-bond donors (Lipinski definition) is 0. The Bertz CT molecular complexity index is 260. The molecule has 0 aromatic carbocycles. The van der Waals surface area contributed by atoms with Gasteiger partial charge >= 0.3 is 6.09 Å². The van der Waals surface area contributed by atoms with Crippen molar-refractivity contribution in [3.05, 3.63) is 0 Å². The Labute approximate surface area is 119 Å². The second-order valence-electron chi connectivity index (χ2n) is 6.53. The summed E-state index contributed by atoms with van der Waals surface area (Å²) in [7, 11) is 0. The van der Waals surface area contributed by atoms with E-state index in [-0.39, 0.29) is 11.7 Å². The minimum atomic E-state index is -0.388. The van der Waals surface area contributed by atoms with Crippen LogP contribution in [0.2, 0.25) is 0 Å². The van der Waals surface area contributed by atoms with Gasteiger partial charge in [-0.15, -0.1) is 0 Å². The summed E-state index contributed by atoms with van der Waals surface area (Å²) in [5.74, 6) is 0. The third-order valence-corrected chi connectivity index (χ3v) is 3.48. The van der Waals surface area contributed by atoms with Gasteiger partial charge in [-0.2, -0.15) is 0 Å². The third kappa shape index (κ3) is 6.84. The van der Waals surface area contributed by atoms with E-state index in [1.165, 1.54) is 12.8 Å². The molecule has 0 aliphatic carbocycles. The molecule has 114 valence electrons. The van der Waals surface area contributed by atoms with Gasteiger partial charge in [-0.25, -0.2) is 4.79 Å². The van der Waals surface area contributed by atoms with Crippen LogP contribution in [0.1, 0.15) is 74.1 Å². The molecular formula is C16H33NO2. The van der Waals surface area contributed by atoms with E-state index >= 15 is 0 Å². The van der Waals surface area contributed by atoms with Crippen LogP contribution in [0.3, 0.4) is 0 Å². The van der Waals surface area contributed by atoms with E-state index in [4.69, 9.17) is 4.74 Å². The molecule has 0 atom stereocenters. The predicted molar refractivity (Wildman–Crippen MR) is 81.4 cm³/mol. The highest BCUT2D eigenvalue weighted by atomic mass is 16.6. The quantitative estimate of drug-likeness (QED) is 0.718. The fourth-order valence-electron chi connectivity index (χ4n) is 2.41. The average molecular weight is 271 g/mol. The van der Waals surface area contributed by atoms with Crippen molar-refractivity contribution in [1.29, 1.82) is 0 Å². The van der Waals surface area contributed by atoms with Crippen LogP contribution in [-0.2, 0) is 4.74 Å². The van der Waals surface area contributed by atoms with Crippen molar-refractivity contribution >= 4 is 6.09 Å². The number of carbonyl (C=O) groups is 1. The van der Waals surface area contributed by atoms with Gasteiger partial charge in [0.2, 0.25) is 0 Å². The molecule has 1 amide bonds. The highest BCUT2D eigenvalue weighted by Crippen LogP contribution is 2.35. The zero-order valence-electron chi connectivity index (χ0n) is 14.0. The second kappa shape index (κ2) is 7.76. The molecule has 19 heavy (non-hydrogen) atoms. The van der Waals surface area contributed by atoms with Gasteiger partial charge in [0.1, 0.15) is 5.60 Å². The molecule has 3 heteroatoms. The predicted octanol–water partition coefficient (Wildman–Crippen LogP) is 4.85. The lowest BCUT2D eigenvalue weighted by molar-refractivity contribution is 0.0110. The summed E-state index contributed by atoms with van der Waals surface area (Å²) in [6, 6.07) is 0. The molecule has 1 saturated heterocycles. The van der Waals surface area contributed by atoms with Gasteiger partial charge in [0.25, 0.3) is 0 Å². The number of amides is 1. The van der Waals surface area contributed by atoms with Crippen LogP contribution in [0.15, 0.2) is 0 Å². The molecule has 0 saturated carbocycles. The number of carbonyl (C=O) groups excluding carboxylic acids is 1. The Morgan fingerprint density at radius 1 is 1.21 bits per heavy atom. The second-order valence-corrected chi connectivity index (χ2v) is 6.53. The van der Waals surface area contributed by atoms with E-state index in [0.29, 0.717) is 5.41 Å². The fraction of sp³-hybridized carbons (Fsp3) is 0.938. The summed E-state index contributed by atoms with van der Waals surface area (Å²) in [4.78, 5) is 13.7. The van der Waals surface area contributed by atoms with E-state index in [1.807, 2.05) is 39.5 Å². The lowest BCUT2D eigenvalue weighted by atomic mass is 9.77. The van der Waals surface area contributed by atoms with Crippen LogP contribution in [0, 0.1) is 5.41 Å². The number of piperidine rings is 1. The topological polar surface area (TPSA) is 29.5 Å². The molecule has 3 nitrogen and oxygen atoms in total. The fourth-order valence-corrected chi connectivity index (χ4v) is 2.41. The molecular weight excluding hydrogens is 238 g/mol. The number of nitrogens with zero attached hydrogens (tertiary/aromatic N) is 1. The van der Waals surface area contributed by atoms with Gasteiger partial charge in [-0.3, -0.25) is 0 Å². The Morgan fingerprint density at radius 3 is 2.05 bits per heavy atom. The minimum Gasteiger partial charge on any atom is -0.444 e. The van der Waals surface area contributed by atoms with Crippen molar-refractivity contribution in [2.24, 2.45) is 5.41 Å². The molecule has 1 aliphatic heterocycles. The lowest BCUT2D eigenvalue weighted by Crippen LogP contribution is -2.44. The molecule has 1 heterocycles. The summed E-state index contributed by atoms with van der Waals surface area (Å²) in [5, 5.41) is 0. The van der Waals surface area contributed by atoms with Crippen molar-refractivity contribution < 1.29 is 9.53 Å². The maximum absolute atomic E-state index is 11.9. The maximum atomic E-state index is 11.9. The number of ether oxygens (including phenoxy) is 1. The van der Waals surface area contributed by atoms with E-state index in [1.54, 1.807) is 0 Å². The van der Waals surface area contributed by atoms with Crippen LogP contribution in [-0.4, -0.2) is 29.7 Å². The highest BCUT2D eigenvalue weighted by Gasteiger charge is 2.32. The van der Waals surface area contributed by atoms with E-state index in [9.17, 15) is 4.79 Å². The lowest BCUT2D eigenvalue weighted by Gasteiger charge is -2.39. The first kappa shape index (κ1) is 18.3. The van der Waals surface area contributed by atoms with Crippen molar-refractivity contribution in [1.82, 2.24) is 4.90 Å². The van der Waals surface area contributed by atoms with Gasteiger partial charge in [0.05, 0.1) is 0 Å². The summed E-state index contributed by atoms with van der Waals surface area (Å²) < 4.78 is 5.39. The molecule has 0 spiro atoms. The SMILES string of the molecule is CC.CCCC1(C)CCN(C(=O)OC(C)(C)C)CC1. The molecule has 0 bridgehead atoms. The van der Waals surface area contributed by atoms with Crippen LogP contribution >= 0.6 is 0 Å². The summed E-state index contributed by atoms with van der Waals surface area (Å²) in [6.07, 6.45) is 4.52. The summed E-state index contributed by atoms with van der Waals surface area (Å²) >= 11 is 0. The third-order valence-electron chi connectivity index (χ3n) is 3.48. The number of rotatable bonds is 2. The van der Waals surface area contributed by atoms with E-state index in [0.717, 1.165) is 25.9 Å². The maximum Gasteiger partial charge on any atom is 0.410 e. The summed E-state index contributed by atoms with van der Waals surface area (Å²) in [5.41, 5.74) is 0.0362. The normalized spacial score (nSPS) is 18.4. The standard InChI is InChI=1S/C14H27NO2.C2H6/c1-6-7-14(5)8-10-15(11-9-14)12(16)17-13(2,3)4;1-2/h6-11H2,1-5H3;1-2H3. The first-order valence-electron chi connectivity index (χ1n) is 7.74. The molecule has 1 aliphatic rings. The molecule has 1 rings (SSSR count). The highest BCUT2D eigenvalue weighted by molar-refractivity contribution is 5.68. The first-order chi connectivity index (χ1) is 8.76. The van der Waals surface area contributed by atoms with E-state index in [2.05, 4.69) is 13.8 Å². The van der Waals surface area contributed by atoms with Crippen LogP contribution < -0.4 is 0 Å². The molecule has 0 N–H and O–H groups in total. The molecule has 1 fully saturated rings. The van der Waals surface area contributed by atoms with Crippen LogP contribution in [0.5, 0.6) is 0 Å². The minimum absolute atomic E-state index is 0.156. The van der Waals surface area contributed by atoms with Gasteiger partial charge in [-0.05, 0) is 45.4 Å². The number of hydrogen-bond acceptors (Lipinski definition) is 2. The Kier molecular flexibility index (Phi) is 7.46. The Balaban J connectivity index is 0.00000154. The zero-order valence-corrected chi connectivity index (χ0v) is 14.0. The van der Waals surface area contributed by atoms with Crippen molar-refractivity contribution in [2.45, 2.75) is 79.8 Å². The van der Waals surface area contributed by atoms with Crippen molar-refractivity contribution in [2.75, 3.05) is 13.1 Å². The molecule has 0 unspecified atom stereocenters. The van der Waals surface area contributed by atoms with Gasteiger partial charge in [-0.1, -0.05) is 34.1 Å². The van der Waals surface area contributed by atoms with Crippen molar-refractivity contribution in [3.63, 3.8) is 0 Å². The Hall–Kier alpha value is -0.730. The van der Waals surface area contributed by atoms with Gasteiger partial charge in [0.15, 0.2) is 0 Å². The monoisotopic (exact) mass is 271 g/mol. The zero-order chi connectivity index (χ0) is 15.1. The average Bonchev–Trinajstić information content (AvgIpc) is 2.30. The summed E-state index contributed by atoms with van der Waals surface area (Å²) in [6.45, 7) is 16.0. The first-order valence-corrected chi connectivity index (χ1v) is 7.74. The Morgan fingerprint density at radius 2 is 1.68 bits per heavy atom.